The normalized spacial score (nSPS) is 26.2. The average molecular weight is 288 g/mol. The van der Waals surface area contributed by atoms with E-state index >= 15 is 0 Å². The van der Waals surface area contributed by atoms with Gasteiger partial charge in [-0.3, -0.25) is 5.41 Å². The summed E-state index contributed by atoms with van der Waals surface area (Å²) in [5, 5.41) is 7.60. The fraction of sp³-hybridized carbons (Fsp3) is 0.917. The van der Waals surface area contributed by atoms with E-state index in [9.17, 15) is 8.42 Å². The van der Waals surface area contributed by atoms with Gasteiger partial charge in [-0.25, -0.2) is 0 Å². The van der Waals surface area contributed by atoms with E-state index in [1.807, 2.05) is 6.92 Å². The summed E-state index contributed by atoms with van der Waals surface area (Å²) in [6.45, 7) is 4.16. The van der Waals surface area contributed by atoms with Crippen molar-refractivity contribution < 1.29 is 8.42 Å². The third-order valence-electron chi connectivity index (χ3n) is 4.44. The molecule has 2 saturated heterocycles. The summed E-state index contributed by atoms with van der Waals surface area (Å²) in [5.41, 5.74) is 5.26. The van der Waals surface area contributed by atoms with Crippen LogP contribution in [0.5, 0.6) is 0 Å². The molecule has 0 saturated carbocycles. The van der Waals surface area contributed by atoms with Crippen LogP contribution in [0.3, 0.4) is 0 Å². The first-order valence-corrected chi connectivity index (χ1v) is 8.36. The van der Waals surface area contributed by atoms with Crippen molar-refractivity contribution >= 4 is 16.0 Å². The Morgan fingerprint density at radius 1 is 1.05 bits per heavy atom. The number of nitrogens with one attached hydrogen (secondary N) is 1. The van der Waals surface area contributed by atoms with E-state index in [1.165, 1.54) is 0 Å². The van der Waals surface area contributed by atoms with Crippen molar-refractivity contribution in [3.05, 3.63) is 0 Å². The second-order valence-electron chi connectivity index (χ2n) is 5.84. The summed E-state index contributed by atoms with van der Waals surface area (Å²) in [4.78, 5) is 0. The quantitative estimate of drug-likeness (QED) is 0.593. The third-order valence-corrected chi connectivity index (χ3v) is 6.48. The molecule has 2 heterocycles. The van der Waals surface area contributed by atoms with Crippen LogP contribution in [-0.2, 0) is 10.2 Å². The summed E-state index contributed by atoms with van der Waals surface area (Å²) >= 11 is 0. The van der Waals surface area contributed by atoms with Gasteiger partial charge in [0.1, 0.15) is 0 Å². The molecule has 2 fully saturated rings. The van der Waals surface area contributed by atoms with Crippen molar-refractivity contribution in [1.29, 1.82) is 5.41 Å². The summed E-state index contributed by atoms with van der Waals surface area (Å²) < 4.78 is 28.1. The first-order chi connectivity index (χ1) is 8.86. The fourth-order valence-electron chi connectivity index (χ4n) is 2.74. The van der Waals surface area contributed by atoms with Crippen molar-refractivity contribution in [2.24, 2.45) is 11.1 Å². The molecule has 0 radical (unpaired) electrons. The second-order valence-corrected chi connectivity index (χ2v) is 7.77. The highest BCUT2D eigenvalue weighted by atomic mass is 32.2. The Morgan fingerprint density at radius 3 is 2.00 bits per heavy atom. The van der Waals surface area contributed by atoms with Crippen LogP contribution in [0, 0.1) is 10.8 Å². The van der Waals surface area contributed by atoms with Gasteiger partial charge in [0.15, 0.2) is 0 Å². The maximum absolute atomic E-state index is 12.5. The fourth-order valence-corrected chi connectivity index (χ4v) is 4.43. The number of hydrogen-bond donors (Lipinski definition) is 2. The predicted molar refractivity (Wildman–Crippen MR) is 75.2 cm³/mol. The summed E-state index contributed by atoms with van der Waals surface area (Å²) in [5.74, 6) is 0.169. The number of nitrogens with zero attached hydrogens (tertiary/aromatic N) is 2. The molecular formula is C12H24N4O2S. The molecule has 0 bridgehead atoms. The number of rotatable bonds is 3. The lowest BCUT2D eigenvalue weighted by Crippen LogP contribution is -2.52. The lowest BCUT2D eigenvalue weighted by atomic mass is 9.80. The predicted octanol–water partition coefficient (Wildman–Crippen LogP) is 0.755. The monoisotopic (exact) mass is 288 g/mol. The Hall–Kier alpha value is -0.660. The molecule has 3 N–H and O–H groups in total. The van der Waals surface area contributed by atoms with Crippen LogP contribution in [-0.4, -0.2) is 49.0 Å². The van der Waals surface area contributed by atoms with Gasteiger partial charge in [-0.15, -0.1) is 0 Å². The van der Waals surface area contributed by atoms with E-state index in [4.69, 9.17) is 11.1 Å². The molecule has 110 valence electrons. The third kappa shape index (κ3) is 2.93. The molecule has 19 heavy (non-hydrogen) atoms. The lowest BCUT2D eigenvalue weighted by molar-refractivity contribution is 0.221. The van der Waals surface area contributed by atoms with Gasteiger partial charge in [-0.05, 0) is 25.7 Å². The minimum atomic E-state index is -3.31. The number of amidine groups is 1. The Labute approximate surface area is 115 Å². The maximum Gasteiger partial charge on any atom is 0.281 e. The summed E-state index contributed by atoms with van der Waals surface area (Å²) in [6, 6.07) is 0. The SMILES string of the molecule is CC1(C(=N)N)CCN(S(=O)(=O)N2CCCCC2)CC1. The molecule has 0 unspecified atom stereocenters. The molecule has 0 aliphatic carbocycles. The van der Waals surface area contributed by atoms with E-state index in [1.54, 1.807) is 8.61 Å². The molecule has 0 aromatic carbocycles. The largest absolute Gasteiger partial charge is 0.387 e. The van der Waals surface area contributed by atoms with Gasteiger partial charge in [0.25, 0.3) is 10.2 Å². The van der Waals surface area contributed by atoms with Crippen LogP contribution in [0.15, 0.2) is 0 Å². The molecule has 7 heteroatoms. The van der Waals surface area contributed by atoms with Crippen molar-refractivity contribution in [1.82, 2.24) is 8.61 Å². The maximum atomic E-state index is 12.5. The number of nitrogens with two attached hydrogens (primary N) is 1. The lowest BCUT2D eigenvalue weighted by Gasteiger charge is -2.40. The molecule has 0 spiro atoms. The second kappa shape index (κ2) is 5.38. The van der Waals surface area contributed by atoms with E-state index < -0.39 is 10.2 Å². The smallest absolute Gasteiger partial charge is 0.281 e. The van der Waals surface area contributed by atoms with Gasteiger partial charge >= 0.3 is 0 Å². The van der Waals surface area contributed by atoms with Crippen molar-refractivity contribution in [2.45, 2.75) is 39.0 Å². The van der Waals surface area contributed by atoms with Gasteiger partial charge in [0.05, 0.1) is 5.84 Å². The Morgan fingerprint density at radius 2 is 1.53 bits per heavy atom. The van der Waals surface area contributed by atoms with Crippen LogP contribution in [0.2, 0.25) is 0 Å². The van der Waals surface area contributed by atoms with Crippen LogP contribution in [0.25, 0.3) is 0 Å². The first-order valence-electron chi connectivity index (χ1n) is 6.96. The van der Waals surface area contributed by atoms with E-state index in [0.29, 0.717) is 39.0 Å². The van der Waals surface area contributed by atoms with Crippen LogP contribution < -0.4 is 5.73 Å². The molecule has 0 atom stereocenters. The molecule has 2 aliphatic rings. The van der Waals surface area contributed by atoms with Crippen LogP contribution >= 0.6 is 0 Å². The van der Waals surface area contributed by atoms with E-state index in [0.717, 1.165) is 19.3 Å². The number of hydrogen-bond acceptors (Lipinski definition) is 3. The minimum absolute atomic E-state index is 0.169. The van der Waals surface area contributed by atoms with E-state index in [2.05, 4.69) is 0 Å². The molecule has 0 aromatic rings. The van der Waals surface area contributed by atoms with Gasteiger partial charge < -0.3 is 5.73 Å². The Bertz CT molecular complexity index is 435. The van der Waals surface area contributed by atoms with Gasteiger partial charge in [0, 0.05) is 31.6 Å². The van der Waals surface area contributed by atoms with Gasteiger partial charge in [-0.2, -0.15) is 17.0 Å². The average Bonchev–Trinajstić information content (AvgIpc) is 2.40. The van der Waals surface area contributed by atoms with Crippen molar-refractivity contribution in [2.75, 3.05) is 26.2 Å². The van der Waals surface area contributed by atoms with Crippen molar-refractivity contribution in [3.63, 3.8) is 0 Å². The van der Waals surface area contributed by atoms with Crippen LogP contribution in [0.1, 0.15) is 39.0 Å². The Balaban J connectivity index is 2.02. The molecule has 6 nitrogen and oxygen atoms in total. The molecular weight excluding hydrogens is 264 g/mol. The van der Waals surface area contributed by atoms with Crippen LogP contribution in [0.4, 0.5) is 0 Å². The zero-order valence-corrected chi connectivity index (χ0v) is 12.4. The minimum Gasteiger partial charge on any atom is -0.387 e. The zero-order chi connectivity index (χ0) is 14.1. The number of piperidine rings is 2. The summed E-state index contributed by atoms with van der Waals surface area (Å²) in [7, 11) is -3.31. The van der Waals surface area contributed by atoms with E-state index in [-0.39, 0.29) is 11.3 Å². The zero-order valence-electron chi connectivity index (χ0n) is 11.6. The highest BCUT2D eigenvalue weighted by Crippen LogP contribution is 2.32. The molecule has 2 rings (SSSR count). The van der Waals surface area contributed by atoms with Crippen molar-refractivity contribution in [3.8, 4) is 0 Å². The molecule has 0 aromatic heterocycles. The highest BCUT2D eigenvalue weighted by molar-refractivity contribution is 7.86. The highest BCUT2D eigenvalue weighted by Gasteiger charge is 2.39. The molecule has 0 amide bonds. The standard InChI is InChI=1S/C12H24N4O2S/c1-12(11(13)14)5-9-16(10-6-12)19(17,18)15-7-3-2-4-8-15/h2-10H2,1H3,(H3,13,14). The Kier molecular flexibility index (Phi) is 4.17. The summed E-state index contributed by atoms with van der Waals surface area (Å²) in [6.07, 6.45) is 4.30. The molecule has 2 aliphatic heterocycles. The first kappa shape index (κ1) is 14.7. The van der Waals surface area contributed by atoms with Gasteiger partial charge in [0.2, 0.25) is 0 Å². The van der Waals surface area contributed by atoms with Gasteiger partial charge in [-0.1, -0.05) is 13.3 Å². The topological polar surface area (TPSA) is 90.5 Å².